The lowest BCUT2D eigenvalue weighted by Gasteiger charge is -1.94. The van der Waals surface area contributed by atoms with Gasteiger partial charge in [-0.25, -0.2) is 4.98 Å². The monoisotopic (exact) mass is 292 g/mol. The Balaban J connectivity index is 2.23. The summed E-state index contributed by atoms with van der Waals surface area (Å²) in [6.07, 6.45) is 0. The van der Waals surface area contributed by atoms with Crippen LogP contribution in [0.2, 0.25) is 0 Å². The molecule has 6 nitrogen and oxygen atoms in total. The average molecular weight is 293 g/mol. The van der Waals surface area contributed by atoms with Crippen LogP contribution < -0.4 is 5.73 Å². The number of fused-ring (bicyclic) bond motifs is 1. The van der Waals surface area contributed by atoms with Crippen molar-refractivity contribution in [2.45, 2.75) is 6.92 Å². The van der Waals surface area contributed by atoms with E-state index in [1.807, 2.05) is 19.1 Å². The molecule has 0 aliphatic heterocycles. The summed E-state index contributed by atoms with van der Waals surface area (Å²) >= 11 is 3.45. The van der Waals surface area contributed by atoms with E-state index >= 15 is 0 Å². The fourth-order valence-corrected chi connectivity index (χ4v) is 2.31. The first-order valence-electron chi connectivity index (χ1n) is 4.97. The van der Waals surface area contributed by atoms with Crippen molar-refractivity contribution in [2.24, 2.45) is 0 Å². The van der Waals surface area contributed by atoms with E-state index < -0.39 is 0 Å². The maximum Gasteiger partial charge on any atom is 0.239 e. The molecule has 0 fully saturated rings. The fraction of sp³-hybridized carbons (Fsp3) is 0.100. The molecule has 0 aliphatic rings. The van der Waals surface area contributed by atoms with Gasteiger partial charge in [-0.1, -0.05) is 15.9 Å². The third-order valence-electron chi connectivity index (χ3n) is 2.47. The first-order valence-corrected chi connectivity index (χ1v) is 5.77. The Labute approximate surface area is 105 Å². The van der Waals surface area contributed by atoms with Crippen LogP contribution in [0, 0.1) is 6.92 Å². The maximum absolute atomic E-state index is 5.46. The second-order valence-electron chi connectivity index (χ2n) is 3.75. The zero-order valence-corrected chi connectivity index (χ0v) is 10.5. The molecule has 0 saturated carbocycles. The zero-order chi connectivity index (χ0) is 12.0. The summed E-state index contributed by atoms with van der Waals surface area (Å²) in [4.78, 5) is 11.7. The van der Waals surface area contributed by atoms with Crippen LogP contribution in [0.3, 0.4) is 0 Å². The van der Waals surface area contributed by atoms with E-state index in [0.717, 1.165) is 21.1 Å². The largest absolute Gasteiger partial charge is 0.366 e. The molecule has 17 heavy (non-hydrogen) atoms. The molecule has 0 bridgehead atoms. The van der Waals surface area contributed by atoms with Gasteiger partial charge in [0.05, 0.1) is 11.0 Å². The Morgan fingerprint density at radius 2 is 2.06 bits per heavy atom. The normalized spacial score (nSPS) is 11.2. The Kier molecular flexibility index (Phi) is 2.15. The van der Waals surface area contributed by atoms with Gasteiger partial charge >= 0.3 is 0 Å². The third kappa shape index (κ3) is 1.68. The molecular weight excluding hydrogens is 284 g/mol. The van der Waals surface area contributed by atoms with Crippen LogP contribution in [0.5, 0.6) is 0 Å². The number of anilines is 1. The lowest BCUT2D eigenvalue weighted by molar-refractivity contribution is 1.09. The molecule has 1 aromatic carbocycles. The van der Waals surface area contributed by atoms with Crippen LogP contribution in [-0.2, 0) is 0 Å². The Bertz CT molecular complexity index is 698. The maximum atomic E-state index is 5.46. The summed E-state index contributed by atoms with van der Waals surface area (Å²) in [5.41, 5.74) is 8.41. The summed E-state index contributed by atoms with van der Waals surface area (Å²) in [6, 6.07) is 3.99. The number of hydrogen-bond acceptors (Lipinski definition) is 4. The minimum Gasteiger partial charge on any atom is -0.366 e. The van der Waals surface area contributed by atoms with E-state index in [-0.39, 0.29) is 5.95 Å². The van der Waals surface area contributed by atoms with Gasteiger partial charge in [0.1, 0.15) is 0 Å². The fourth-order valence-electron chi connectivity index (χ4n) is 1.74. The molecule has 4 N–H and O–H groups in total. The predicted molar refractivity (Wildman–Crippen MR) is 68.3 cm³/mol. The SMILES string of the molecule is Cc1cc(Br)cc2[nH]c(-c3nc(N)n[nH]3)nc12. The summed E-state index contributed by atoms with van der Waals surface area (Å²) < 4.78 is 1.01. The van der Waals surface area contributed by atoms with Gasteiger partial charge in [0.25, 0.3) is 0 Å². The van der Waals surface area contributed by atoms with Gasteiger partial charge in [0.2, 0.25) is 5.95 Å². The van der Waals surface area contributed by atoms with Crippen molar-refractivity contribution in [3.05, 3.63) is 22.2 Å². The third-order valence-corrected chi connectivity index (χ3v) is 2.93. The average Bonchev–Trinajstić information content (AvgIpc) is 2.83. The predicted octanol–water partition coefficient (Wildman–Crippen LogP) is 2.00. The number of benzene rings is 1. The van der Waals surface area contributed by atoms with Gasteiger partial charge in [0.15, 0.2) is 11.6 Å². The van der Waals surface area contributed by atoms with E-state index in [1.165, 1.54) is 0 Å². The summed E-state index contributed by atoms with van der Waals surface area (Å²) in [5.74, 6) is 1.37. The highest BCUT2D eigenvalue weighted by Gasteiger charge is 2.11. The standard InChI is InChI=1S/C10H9BrN6/c1-4-2-5(11)3-6-7(4)14-8(13-6)9-15-10(12)17-16-9/h2-3H,1H3,(H,13,14)(H3,12,15,16,17). The number of nitrogens with two attached hydrogens (primary N) is 1. The molecular formula is C10H9BrN6. The first kappa shape index (κ1) is 10.3. The quantitative estimate of drug-likeness (QED) is 0.639. The molecule has 0 aliphatic carbocycles. The van der Waals surface area contributed by atoms with Crippen LogP contribution in [0.4, 0.5) is 5.95 Å². The van der Waals surface area contributed by atoms with E-state index in [1.54, 1.807) is 0 Å². The van der Waals surface area contributed by atoms with Crippen LogP contribution in [0.15, 0.2) is 16.6 Å². The lowest BCUT2D eigenvalue weighted by atomic mass is 10.2. The minimum atomic E-state index is 0.207. The van der Waals surface area contributed by atoms with Crippen LogP contribution in [-0.4, -0.2) is 25.1 Å². The smallest absolute Gasteiger partial charge is 0.239 e. The molecule has 7 heteroatoms. The number of halogens is 1. The van der Waals surface area contributed by atoms with Crippen molar-refractivity contribution < 1.29 is 0 Å². The van der Waals surface area contributed by atoms with Gasteiger partial charge in [0, 0.05) is 4.47 Å². The van der Waals surface area contributed by atoms with Gasteiger partial charge in [-0.05, 0) is 24.6 Å². The van der Waals surface area contributed by atoms with E-state index in [9.17, 15) is 0 Å². The van der Waals surface area contributed by atoms with Crippen LogP contribution in [0.25, 0.3) is 22.7 Å². The van der Waals surface area contributed by atoms with Crippen molar-refractivity contribution in [3.63, 3.8) is 0 Å². The number of aromatic nitrogens is 5. The molecule has 0 unspecified atom stereocenters. The molecule has 0 atom stereocenters. The van der Waals surface area contributed by atoms with Crippen LogP contribution in [0.1, 0.15) is 5.56 Å². The van der Waals surface area contributed by atoms with E-state index in [0.29, 0.717) is 11.6 Å². The highest BCUT2D eigenvalue weighted by atomic mass is 79.9. The van der Waals surface area contributed by atoms with Crippen molar-refractivity contribution in [1.82, 2.24) is 25.1 Å². The topological polar surface area (TPSA) is 96.3 Å². The Morgan fingerprint density at radius 1 is 1.24 bits per heavy atom. The van der Waals surface area contributed by atoms with Crippen molar-refractivity contribution in [1.29, 1.82) is 0 Å². The van der Waals surface area contributed by atoms with Crippen molar-refractivity contribution in [3.8, 4) is 11.6 Å². The van der Waals surface area contributed by atoms with Crippen LogP contribution >= 0.6 is 15.9 Å². The van der Waals surface area contributed by atoms with Gasteiger partial charge in [-0.3, -0.25) is 5.10 Å². The number of nitrogens with one attached hydrogen (secondary N) is 2. The van der Waals surface area contributed by atoms with Gasteiger partial charge in [-0.2, -0.15) is 4.98 Å². The van der Waals surface area contributed by atoms with Crippen molar-refractivity contribution >= 4 is 32.9 Å². The van der Waals surface area contributed by atoms with Gasteiger partial charge < -0.3 is 10.7 Å². The second-order valence-corrected chi connectivity index (χ2v) is 4.66. The molecule has 0 radical (unpaired) electrons. The molecule has 0 spiro atoms. The lowest BCUT2D eigenvalue weighted by Crippen LogP contribution is -1.86. The number of aromatic amines is 2. The van der Waals surface area contributed by atoms with Crippen molar-refractivity contribution in [2.75, 3.05) is 5.73 Å². The first-order chi connectivity index (χ1) is 8.13. The Morgan fingerprint density at radius 3 is 2.76 bits per heavy atom. The number of nitrogen functional groups attached to an aromatic ring is 1. The summed E-state index contributed by atoms with van der Waals surface area (Å²) in [7, 11) is 0. The number of hydrogen-bond donors (Lipinski definition) is 3. The number of nitrogens with zero attached hydrogens (tertiary/aromatic N) is 3. The zero-order valence-electron chi connectivity index (χ0n) is 8.95. The molecule has 0 amide bonds. The molecule has 0 saturated heterocycles. The number of aryl methyl sites for hydroxylation is 1. The summed E-state index contributed by atoms with van der Waals surface area (Å²) in [6.45, 7) is 2.01. The minimum absolute atomic E-state index is 0.207. The number of H-pyrrole nitrogens is 2. The molecule has 2 heterocycles. The molecule has 3 rings (SSSR count). The molecule has 3 aromatic rings. The highest BCUT2D eigenvalue weighted by molar-refractivity contribution is 9.10. The molecule has 2 aromatic heterocycles. The highest BCUT2D eigenvalue weighted by Crippen LogP contribution is 2.24. The second kappa shape index (κ2) is 3.56. The number of imidazole rings is 1. The summed E-state index contributed by atoms with van der Waals surface area (Å²) in [5, 5.41) is 6.50. The number of rotatable bonds is 1. The van der Waals surface area contributed by atoms with E-state index in [4.69, 9.17) is 5.73 Å². The van der Waals surface area contributed by atoms with Gasteiger partial charge in [-0.15, -0.1) is 5.10 Å². The molecule has 86 valence electrons. The van der Waals surface area contributed by atoms with E-state index in [2.05, 4.69) is 41.1 Å². The Hall–Kier alpha value is -1.89.